The molecule has 1 amide bonds. The summed E-state index contributed by atoms with van der Waals surface area (Å²) in [7, 11) is 0. The van der Waals surface area contributed by atoms with Gasteiger partial charge in [-0.1, -0.05) is 13.0 Å². The summed E-state index contributed by atoms with van der Waals surface area (Å²) in [5.41, 5.74) is 0. The van der Waals surface area contributed by atoms with Crippen LogP contribution in [0.25, 0.3) is 0 Å². The first-order valence-corrected chi connectivity index (χ1v) is 14.9. The van der Waals surface area contributed by atoms with Crippen molar-refractivity contribution >= 4 is 11.9 Å². The van der Waals surface area contributed by atoms with Crippen LogP contribution < -0.4 is 5.32 Å². The van der Waals surface area contributed by atoms with E-state index in [0.29, 0.717) is 0 Å². The summed E-state index contributed by atoms with van der Waals surface area (Å²) in [4.78, 5) is 24.8. The zero-order chi connectivity index (χ0) is 35.2. The second kappa shape index (κ2) is 17.1. The molecule has 0 unspecified atom stereocenters. The SMILES string of the molecule is C=CCO[C@@H]1O[C@H](CO)[C@@H](O[C@@H]2O[C@H](CO)[C@H](O)[C@H](O[C@]3(C(=O)O)C[C@H](O)[C@@H](NC(=O)CC)[C@H]([C@H](O)[C@H](O)CO)O3)[C@H]2O)[C@H](O)[C@H]1O. The number of carbonyl (C=O) groups excluding carboxylic acids is 1. The van der Waals surface area contributed by atoms with Crippen LogP contribution in [0.5, 0.6) is 0 Å². The Kier molecular flexibility index (Phi) is 14.4. The van der Waals surface area contributed by atoms with Gasteiger partial charge in [-0.05, 0) is 0 Å². The van der Waals surface area contributed by atoms with E-state index in [4.69, 9.17) is 28.4 Å². The van der Waals surface area contributed by atoms with Crippen molar-refractivity contribution in [2.45, 2.75) is 117 Å². The second-order valence-electron chi connectivity index (χ2n) is 11.3. The number of aliphatic carboxylic acids is 1. The number of ether oxygens (including phenoxy) is 6. The molecular formula is C27H45NO19. The lowest BCUT2D eigenvalue weighted by atomic mass is 9.88. The van der Waals surface area contributed by atoms with Crippen LogP contribution in [0.15, 0.2) is 12.7 Å². The predicted octanol–water partition coefficient (Wildman–Crippen LogP) is -6.62. The minimum absolute atomic E-state index is 0.0949. The van der Waals surface area contributed by atoms with Crippen LogP contribution in [0.2, 0.25) is 0 Å². The van der Waals surface area contributed by atoms with Gasteiger partial charge in [-0.3, -0.25) is 4.79 Å². The van der Waals surface area contributed by atoms with Crippen LogP contribution in [-0.4, -0.2) is 192 Å². The fourth-order valence-corrected chi connectivity index (χ4v) is 5.50. The number of hydrogen-bond donors (Lipinski definition) is 12. The fourth-order valence-electron chi connectivity index (χ4n) is 5.50. The van der Waals surface area contributed by atoms with E-state index in [1.165, 1.54) is 13.0 Å². The molecule has 0 aromatic rings. The summed E-state index contributed by atoms with van der Waals surface area (Å²) >= 11 is 0. The van der Waals surface area contributed by atoms with Gasteiger partial charge in [0.25, 0.3) is 5.79 Å². The van der Waals surface area contributed by atoms with E-state index < -0.39 is 136 Å². The largest absolute Gasteiger partial charge is 0.477 e. The summed E-state index contributed by atoms with van der Waals surface area (Å²) in [5, 5.41) is 117. The van der Waals surface area contributed by atoms with E-state index in [1.807, 2.05) is 0 Å². The molecule has 3 fully saturated rings. The number of carboxylic acid groups (broad SMARTS) is 1. The Morgan fingerprint density at radius 3 is 2.15 bits per heavy atom. The molecular weight excluding hydrogens is 642 g/mol. The van der Waals surface area contributed by atoms with Crippen LogP contribution in [-0.2, 0) is 38.0 Å². The average molecular weight is 688 g/mol. The number of rotatable bonds is 15. The van der Waals surface area contributed by atoms with E-state index in [1.54, 1.807) is 0 Å². The van der Waals surface area contributed by atoms with Gasteiger partial charge >= 0.3 is 5.97 Å². The van der Waals surface area contributed by atoms with Crippen LogP contribution in [0.1, 0.15) is 19.8 Å². The number of amides is 1. The van der Waals surface area contributed by atoms with Crippen molar-refractivity contribution in [3.8, 4) is 0 Å². The molecule has 3 rings (SSSR count). The summed E-state index contributed by atoms with van der Waals surface area (Å²) in [6.45, 7) is 2.03. The van der Waals surface area contributed by atoms with Crippen molar-refractivity contribution in [2.24, 2.45) is 0 Å². The molecule has 0 aromatic heterocycles. The first kappa shape index (κ1) is 39.5. The third kappa shape index (κ3) is 8.62. The van der Waals surface area contributed by atoms with Gasteiger partial charge in [0.2, 0.25) is 5.91 Å². The van der Waals surface area contributed by atoms with Gasteiger partial charge in [0.1, 0.15) is 67.1 Å². The van der Waals surface area contributed by atoms with E-state index in [9.17, 15) is 65.8 Å². The number of nitrogens with one attached hydrogen (secondary N) is 1. The van der Waals surface area contributed by atoms with Gasteiger partial charge in [-0.15, -0.1) is 6.58 Å². The molecule has 12 N–H and O–H groups in total. The second-order valence-corrected chi connectivity index (χ2v) is 11.3. The van der Waals surface area contributed by atoms with Gasteiger partial charge in [0.15, 0.2) is 12.6 Å². The standard InChI is InChI=1S/C27H45NO19/c1-3-5-42-24-19(38)18(37)21(13(9-31)44-24)45-25-20(39)23(17(36)12(8-30)43-25)47-27(26(40)41)6-10(32)15(28-14(34)4-2)22(46-27)16(35)11(33)7-29/h3,10-13,15-25,29-33,35-39H,1,4-9H2,2H3,(H,28,34)(H,40,41)/t10-,11+,12+,13+,15+,16+,17-,18+,19+,20+,21+,22+,23-,24+,25-,27-/m0/s1. The van der Waals surface area contributed by atoms with Gasteiger partial charge in [0.05, 0.1) is 38.6 Å². The van der Waals surface area contributed by atoms with E-state index in [0.717, 1.165) is 0 Å². The molecule has 16 atom stereocenters. The Balaban J connectivity index is 1.93. The lowest BCUT2D eigenvalue weighted by Gasteiger charge is -2.50. The van der Waals surface area contributed by atoms with Crippen molar-refractivity contribution in [3.63, 3.8) is 0 Å². The van der Waals surface area contributed by atoms with Gasteiger partial charge in [-0.25, -0.2) is 4.79 Å². The number of carboxylic acids is 1. The molecule has 272 valence electrons. The Hall–Kier alpha value is -1.96. The monoisotopic (exact) mass is 687 g/mol. The number of hydrogen-bond acceptors (Lipinski definition) is 18. The fraction of sp³-hybridized carbons (Fsp3) is 0.852. The quantitative estimate of drug-likeness (QED) is 0.0712. The topological polar surface area (TPSA) is 324 Å². The van der Waals surface area contributed by atoms with Crippen molar-refractivity contribution in [2.75, 3.05) is 26.4 Å². The van der Waals surface area contributed by atoms with E-state index in [-0.39, 0.29) is 13.0 Å². The molecule has 20 nitrogen and oxygen atoms in total. The molecule has 20 heteroatoms. The number of aliphatic hydroxyl groups excluding tert-OH is 10. The summed E-state index contributed by atoms with van der Waals surface area (Å²) in [6.07, 6.45) is -25.5. The van der Waals surface area contributed by atoms with E-state index >= 15 is 0 Å². The Morgan fingerprint density at radius 1 is 0.957 bits per heavy atom. The Labute approximate surface area is 268 Å². The third-order valence-corrected chi connectivity index (χ3v) is 8.10. The van der Waals surface area contributed by atoms with Crippen LogP contribution in [0.4, 0.5) is 0 Å². The van der Waals surface area contributed by atoms with Crippen molar-refractivity contribution in [3.05, 3.63) is 12.7 Å². The molecule has 3 aliphatic rings. The summed E-state index contributed by atoms with van der Waals surface area (Å²) < 4.78 is 33.0. The highest BCUT2D eigenvalue weighted by atomic mass is 16.8. The summed E-state index contributed by atoms with van der Waals surface area (Å²) in [5.74, 6) is -5.63. The maximum atomic E-state index is 12.7. The van der Waals surface area contributed by atoms with Gasteiger partial charge in [-0.2, -0.15) is 0 Å². The molecule has 3 aliphatic heterocycles. The predicted molar refractivity (Wildman–Crippen MR) is 149 cm³/mol. The number of carbonyl (C=O) groups is 2. The van der Waals surface area contributed by atoms with Crippen molar-refractivity contribution < 1.29 is 94.2 Å². The molecule has 0 aromatic carbocycles. The maximum absolute atomic E-state index is 12.7. The normalized spacial score (nSPS) is 42.3. The third-order valence-electron chi connectivity index (χ3n) is 8.10. The zero-order valence-electron chi connectivity index (χ0n) is 25.4. The molecule has 3 heterocycles. The first-order chi connectivity index (χ1) is 22.2. The average Bonchev–Trinajstić information content (AvgIpc) is 3.05. The highest BCUT2D eigenvalue weighted by molar-refractivity contribution is 5.77. The van der Waals surface area contributed by atoms with Crippen molar-refractivity contribution in [1.29, 1.82) is 0 Å². The van der Waals surface area contributed by atoms with E-state index in [2.05, 4.69) is 11.9 Å². The van der Waals surface area contributed by atoms with Gasteiger partial charge < -0.3 is 89.9 Å². The minimum Gasteiger partial charge on any atom is -0.477 e. The lowest BCUT2D eigenvalue weighted by molar-refractivity contribution is -0.386. The molecule has 0 radical (unpaired) electrons. The Morgan fingerprint density at radius 2 is 1.60 bits per heavy atom. The van der Waals surface area contributed by atoms with Crippen LogP contribution >= 0.6 is 0 Å². The summed E-state index contributed by atoms with van der Waals surface area (Å²) in [6, 6.07) is -1.53. The van der Waals surface area contributed by atoms with Gasteiger partial charge in [0, 0.05) is 12.8 Å². The smallest absolute Gasteiger partial charge is 0.364 e. The molecule has 0 bridgehead atoms. The maximum Gasteiger partial charge on any atom is 0.364 e. The molecule has 47 heavy (non-hydrogen) atoms. The van der Waals surface area contributed by atoms with Crippen LogP contribution in [0, 0.1) is 0 Å². The highest BCUT2D eigenvalue weighted by Gasteiger charge is 2.60. The molecule has 3 saturated heterocycles. The minimum atomic E-state index is -3.02. The first-order valence-electron chi connectivity index (χ1n) is 14.9. The lowest BCUT2D eigenvalue weighted by Crippen LogP contribution is -2.71. The number of aliphatic hydroxyl groups is 10. The molecule has 0 aliphatic carbocycles. The van der Waals surface area contributed by atoms with Crippen molar-refractivity contribution in [1.82, 2.24) is 5.32 Å². The molecule has 0 spiro atoms. The van der Waals surface area contributed by atoms with Crippen LogP contribution in [0.3, 0.4) is 0 Å². The highest BCUT2D eigenvalue weighted by Crippen LogP contribution is 2.38. The Bertz CT molecular complexity index is 1040. The zero-order valence-corrected chi connectivity index (χ0v) is 25.4. The molecule has 0 saturated carbocycles.